The van der Waals surface area contributed by atoms with Crippen molar-refractivity contribution in [3.63, 3.8) is 0 Å². The van der Waals surface area contributed by atoms with Gasteiger partial charge in [0.25, 0.3) is 0 Å². The molecule has 2 aliphatic rings. The average molecular weight is 395 g/mol. The summed E-state index contributed by atoms with van der Waals surface area (Å²) in [6, 6.07) is 7.13. The van der Waals surface area contributed by atoms with Gasteiger partial charge in [0.05, 0.1) is 11.9 Å². The fraction of sp³-hybridized carbons (Fsp3) is 0.381. The molecule has 2 atom stereocenters. The van der Waals surface area contributed by atoms with Gasteiger partial charge in [-0.2, -0.15) is 5.10 Å². The van der Waals surface area contributed by atoms with Gasteiger partial charge in [-0.25, -0.2) is 4.39 Å². The maximum absolute atomic E-state index is 14.7. The van der Waals surface area contributed by atoms with Gasteiger partial charge in [-0.05, 0) is 43.9 Å². The number of piperidine rings is 1. The van der Waals surface area contributed by atoms with Crippen LogP contribution in [0.4, 0.5) is 4.39 Å². The lowest BCUT2D eigenvalue weighted by Crippen LogP contribution is -2.42. The van der Waals surface area contributed by atoms with Gasteiger partial charge in [-0.1, -0.05) is 0 Å². The van der Waals surface area contributed by atoms with Crippen molar-refractivity contribution in [1.82, 2.24) is 25.3 Å². The lowest BCUT2D eigenvalue weighted by Gasteiger charge is -2.28. The molecule has 5 rings (SSSR count). The van der Waals surface area contributed by atoms with Crippen LogP contribution in [-0.4, -0.2) is 43.3 Å². The average Bonchev–Trinajstić information content (AvgIpc) is 3.29. The van der Waals surface area contributed by atoms with Gasteiger partial charge >= 0.3 is 0 Å². The first kappa shape index (κ1) is 18.1. The standard InChI is InChI=1S/C21H22FN5O2/c1-27-11-12(10-23-27)16-9-20(28)17(8-18(16)22)19-4-5-21(26-25-19)29-15-6-13-2-3-14(7-15)24-13/h4-5,8-11,13-15,24,28H,2-3,6-7H2,1H3. The van der Waals surface area contributed by atoms with Crippen LogP contribution in [0.1, 0.15) is 25.7 Å². The van der Waals surface area contributed by atoms with Gasteiger partial charge in [-0.3, -0.25) is 4.68 Å². The van der Waals surface area contributed by atoms with Gasteiger partial charge in [0.1, 0.15) is 17.7 Å². The highest BCUT2D eigenvalue weighted by atomic mass is 19.1. The van der Waals surface area contributed by atoms with Crippen molar-refractivity contribution in [2.24, 2.45) is 7.05 Å². The smallest absolute Gasteiger partial charge is 0.233 e. The Morgan fingerprint density at radius 1 is 1.14 bits per heavy atom. The molecule has 7 nitrogen and oxygen atoms in total. The number of ether oxygens (including phenoxy) is 1. The van der Waals surface area contributed by atoms with Crippen LogP contribution in [0.2, 0.25) is 0 Å². The fourth-order valence-corrected chi connectivity index (χ4v) is 4.35. The zero-order valence-corrected chi connectivity index (χ0v) is 16.0. The first-order valence-corrected chi connectivity index (χ1v) is 9.83. The van der Waals surface area contributed by atoms with Crippen LogP contribution >= 0.6 is 0 Å². The van der Waals surface area contributed by atoms with Crippen LogP contribution in [0, 0.1) is 5.82 Å². The minimum atomic E-state index is -0.460. The monoisotopic (exact) mass is 395 g/mol. The van der Waals surface area contributed by atoms with Crippen LogP contribution in [-0.2, 0) is 7.05 Å². The van der Waals surface area contributed by atoms with Crippen molar-refractivity contribution < 1.29 is 14.2 Å². The molecule has 4 heterocycles. The predicted octanol–water partition coefficient (Wildman–Crippen LogP) is 3.05. The quantitative estimate of drug-likeness (QED) is 0.706. The van der Waals surface area contributed by atoms with Crippen molar-refractivity contribution >= 4 is 0 Å². The molecule has 2 saturated heterocycles. The zero-order valence-electron chi connectivity index (χ0n) is 16.0. The molecule has 150 valence electrons. The van der Waals surface area contributed by atoms with Gasteiger partial charge in [0.2, 0.25) is 5.88 Å². The molecule has 2 bridgehead atoms. The lowest BCUT2D eigenvalue weighted by molar-refractivity contribution is 0.130. The van der Waals surface area contributed by atoms with Crippen molar-refractivity contribution in [2.45, 2.75) is 43.9 Å². The molecule has 2 aliphatic heterocycles. The second-order valence-corrected chi connectivity index (χ2v) is 7.86. The minimum Gasteiger partial charge on any atom is -0.507 e. The number of hydrogen-bond donors (Lipinski definition) is 2. The van der Waals surface area contributed by atoms with Crippen LogP contribution in [0.5, 0.6) is 11.6 Å². The molecule has 0 spiro atoms. The molecule has 3 aromatic rings. The van der Waals surface area contributed by atoms with Crippen LogP contribution in [0.3, 0.4) is 0 Å². The number of aryl methyl sites for hydroxylation is 1. The molecule has 2 unspecified atom stereocenters. The molecule has 2 N–H and O–H groups in total. The Kier molecular flexibility index (Phi) is 4.43. The van der Waals surface area contributed by atoms with Crippen LogP contribution in [0.15, 0.2) is 36.7 Å². The molecule has 0 saturated carbocycles. The molecule has 0 amide bonds. The van der Waals surface area contributed by atoms with E-state index in [1.165, 1.54) is 25.0 Å². The van der Waals surface area contributed by atoms with Gasteiger partial charge < -0.3 is 15.2 Å². The summed E-state index contributed by atoms with van der Waals surface area (Å²) in [6.45, 7) is 0. The third kappa shape index (κ3) is 3.55. The Morgan fingerprint density at radius 3 is 2.59 bits per heavy atom. The third-order valence-corrected chi connectivity index (χ3v) is 5.73. The first-order valence-electron chi connectivity index (χ1n) is 9.83. The van der Waals surface area contributed by atoms with Gasteiger partial charge in [-0.15, -0.1) is 10.2 Å². The Balaban J connectivity index is 1.35. The zero-order chi connectivity index (χ0) is 20.0. The number of nitrogens with zero attached hydrogens (tertiary/aromatic N) is 4. The number of phenolic OH excluding ortho intramolecular Hbond substituents is 1. The highest BCUT2D eigenvalue weighted by Gasteiger charge is 2.34. The number of aromatic hydroxyl groups is 1. The summed E-state index contributed by atoms with van der Waals surface area (Å²) in [6.07, 6.45) is 7.74. The van der Waals surface area contributed by atoms with Crippen LogP contribution < -0.4 is 10.1 Å². The molecule has 2 aromatic heterocycles. The highest BCUT2D eigenvalue weighted by Crippen LogP contribution is 2.35. The summed E-state index contributed by atoms with van der Waals surface area (Å²) in [4.78, 5) is 0. The van der Waals surface area contributed by atoms with E-state index >= 15 is 0 Å². The maximum atomic E-state index is 14.7. The molecule has 29 heavy (non-hydrogen) atoms. The number of phenols is 1. The summed E-state index contributed by atoms with van der Waals surface area (Å²) < 4.78 is 22.2. The lowest BCUT2D eigenvalue weighted by atomic mass is 10.0. The third-order valence-electron chi connectivity index (χ3n) is 5.73. The fourth-order valence-electron chi connectivity index (χ4n) is 4.35. The van der Waals surface area contributed by atoms with Gasteiger partial charge in [0.15, 0.2) is 0 Å². The number of benzene rings is 1. The highest BCUT2D eigenvalue weighted by molar-refractivity contribution is 5.74. The molecule has 1 aromatic carbocycles. The van der Waals surface area contributed by atoms with Crippen LogP contribution in [0.25, 0.3) is 22.4 Å². The SMILES string of the molecule is Cn1cc(-c2cc(O)c(-c3ccc(OC4CC5CCC(C4)N5)nn3)cc2F)cn1. The number of rotatable bonds is 4. The largest absolute Gasteiger partial charge is 0.507 e. The van der Waals surface area contributed by atoms with E-state index in [0.717, 1.165) is 12.8 Å². The summed E-state index contributed by atoms with van der Waals surface area (Å²) in [5.74, 6) is -0.0757. The molecule has 0 radical (unpaired) electrons. The maximum Gasteiger partial charge on any atom is 0.233 e. The molecular formula is C21H22FN5O2. The van der Waals surface area contributed by atoms with Crippen molar-refractivity contribution in [2.75, 3.05) is 0 Å². The number of halogens is 1. The molecule has 0 aliphatic carbocycles. The Hall–Kier alpha value is -3.00. The summed E-state index contributed by atoms with van der Waals surface area (Å²) in [5, 5.41) is 26.3. The Bertz CT molecular complexity index is 1020. The summed E-state index contributed by atoms with van der Waals surface area (Å²) in [7, 11) is 1.75. The number of fused-ring (bicyclic) bond motifs is 2. The number of hydrogen-bond acceptors (Lipinski definition) is 6. The Morgan fingerprint density at radius 2 is 1.93 bits per heavy atom. The van der Waals surface area contributed by atoms with Crippen molar-refractivity contribution in [3.8, 4) is 34.0 Å². The van der Waals surface area contributed by atoms with E-state index in [0.29, 0.717) is 29.2 Å². The minimum absolute atomic E-state index is 0.0665. The van der Waals surface area contributed by atoms with E-state index in [1.807, 2.05) is 0 Å². The van der Waals surface area contributed by atoms with Gasteiger partial charge in [0, 0.05) is 48.1 Å². The molecule has 2 fully saturated rings. The summed E-state index contributed by atoms with van der Waals surface area (Å²) >= 11 is 0. The van der Waals surface area contributed by atoms with E-state index in [4.69, 9.17) is 4.74 Å². The second kappa shape index (κ2) is 7.11. The predicted molar refractivity (Wildman–Crippen MR) is 105 cm³/mol. The molecular weight excluding hydrogens is 373 g/mol. The van der Waals surface area contributed by atoms with Crippen molar-refractivity contribution in [3.05, 3.63) is 42.5 Å². The van der Waals surface area contributed by atoms with E-state index in [9.17, 15) is 9.50 Å². The topological polar surface area (TPSA) is 85.1 Å². The Labute approximate surface area is 167 Å². The van der Waals surface area contributed by atoms with E-state index < -0.39 is 5.82 Å². The normalized spacial score (nSPS) is 23.3. The first-order chi connectivity index (χ1) is 14.0. The number of aromatic nitrogens is 4. The van der Waals surface area contributed by atoms with E-state index in [2.05, 4.69) is 20.6 Å². The second-order valence-electron chi connectivity index (χ2n) is 7.86. The molecule has 8 heteroatoms. The van der Waals surface area contributed by atoms with Crippen molar-refractivity contribution in [1.29, 1.82) is 0 Å². The van der Waals surface area contributed by atoms with E-state index in [-0.39, 0.29) is 23.0 Å². The number of nitrogens with one attached hydrogen (secondary N) is 1. The van der Waals surface area contributed by atoms with E-state index in [1.54, 1.807) is 36.3 Å². The summed E-state index contributed by atoms with van der Waals surface area (Å²) in [5.41, 5.74) is 1.55.